The van der Waals surface area contributed by atoms with Gasteiger partial charge in [0.25, 0.3) is 0 Å². The molecule has 3 N–H and O–H groups in total. The number of unbranched alkanes of at least 4 members (excludes halogenated alkanes) is 1. The van der Waals surface area contributed by atoms with E-state index in [-0.39, 0.29) is 12.0 Å². The Kier molecular flexibility index (Phi) is 4.57. The van der Waals surface area contributed by atoms with Gasteiger partial charge < -0.3 is 10.8 Å². The van der Waals surface area contributed by atoms with Crippen molar-refractivity contribution >= 4 is 5.97 Å². The maximum absolute atomic E-state index is 12.6. The quantitative estimate of drug-likeness (QED) is 0.867. The van der Waals surface area contributed by atoms with Crippen molar-refractivity contribution in [2.45, 2.75) is 37.9 Å². The first kappa shape index (κ1) is 15.5. The summed E-state index contributed by atoms with van der Waals surface area (Å²) in [4.78, 5) is 11.3. The molecule has 3 nitrogen and oxygen atoms in total. The van der Waals surface area contributed by atoms with E-state index >= 15 is 0 Å². The molecule has 1 aromatic rings. The highest BCUT2D eigenvalue weighted by Crippen LogP contribution is 2.33. The first-order valence-corrected chi connectivity index (χ1v) is 5.92. The topological polar surface area (TPSA) is 63.3 Å². The maximum atomic E-state index is 12.6. The van der Waals surface area contributed by atoms with Crippen molar-refractivity contribution in [2.24, 2.45) is 5.73 Å². The molecule has 6 heteroatoms. The summed E-state index contributed by atoms with van der Waals surface area (Å²) in [6.45, 7) is 1.86. The lowest BCUT2D eigenvalue weighted by atomic mass is 9.85. The first-order chi connectivity index (χ1) is 8.71. The van der Waals surface area contributed by atoms with E-state index in [0.717, 1.165) is 12.1 Å². The van der Waals surface area contributed by atoms with Crippen molar-refractivity contribution in [3.8, 4) is 0 Å². The van der Waals surface area contributed by atoms with Crippen LogP contribution in [-0.4, -0.2) is 11.1 Å². The van der Waals surface area contributed by atoms with Crippen LogP contribution in [0, 0.1) is 0 Å². The van der Waals surface area contributed by atoms with Crippen molar-refractivity contribution in [1.82, 2.24) is 0 Å². The fourth-order valence-electron chi connectivity index (χ4n) is 1.80. The number of carboxylic acids is 1. The van der Waals surface area contributed by atoms with Crippen LogP contribution in [0.15, 0.2) is 24.3 Å². The van der Waals surface area contributed by atoms with E-state index in [1.807, 2.05) is 6.92 Å². The van der Waals surface area contributed by atoms with Gasteiger partial charge in [-0.25, -0.2) is 4.79 Å². The van der Waals surface area contributed by atoms with E-state index in [1.54, 1.807) is 0 Å². The second-order valence-corrected chi connectivity index (χ2v) is 4.46. The van der Waals surface area contributed by atoms with Crippen molar-refractivity contribution in [2.75, 3.05) is 0 Å². The van der Waals surface area contributed by atoms with Gasteiger partial charge in [-0.1, -0.05) is 31.9 Å². The molecule has 0 aromatic heterocycles. The van der Waals surface area contributed by atoms with Crippen molar-refractivity contribution in [3.05, 3.63) is 35.4 Å². The minimum absolute atomic E-state index is 0.0247. The monoisotopic (exact) mass is 275 g/mol. The molecule has 0 radical (unpaired) electrons. The Morgan fingerprint density at radius 3 is 2.37 bits per heavy atom. The van der Waals surface area contributed by atoms with Gasteiger partial charge in [-0.2, -0.15) is 13.2 Å². The predicted octanol–water partition coefficient (Wildman–Crippen LogP) is 3.13. The van der Waals surface area contributed by atoms with Crippen LogP contribution in [0.3, 0.4) is 0 Å². The molecule has 0 amide bonds. The standard InChI is InChI=1S/C13H16F3NO2/c1-2-3-7-12(17,11(18)19)9-5-4-6-10(8-9)13(14,15)16/h4-6,8H,2-3,7,17H2,1H3,(H,18,19). The molecule has 106 valence electrons. The van der Waals surface area contributed by atoms with E-state index in [0.29, 0.717) is 12.8 Å². The summed E-state index contributed by atoms with van der Waals surface area (Å²) in [5.74, 6) is -1.32. The fourth-order valence-corrected chi connectivity index (χ4v) is 1.80. The minimum Gasteiger partial charge on any atom is -0.480 e. The number of alkyl halides is 3. The van der Waals surface area contributed by atoms with E-state index in [1.165, 1.54) is 12.1 Å². The molecule has 0 bridgehead atoms. The number of aliphatic carboxylic acids is 1. The van der Waals surface area contributed by atoms with Crippen LogP contribution in [-0.2, 0) is 16.5 Å². The summed E-state index contributed by atoms with van der Waals surface area (Å²) in [5.41, 5.74) is 3.10. The Morgan fingerprint density at radius 2 is 1.89 bits per heavy atom. The Hall–Kier alpha value is -1.56. The molecule has 0 saturated heterocycles. The van der Waals surface area contributed by atoms with Crippen LogP contribution in [0.1, 0.15) is 37.3 Å². The van der Waals surface area contributed by atoms with Crippen molar-refractivity contribution < 1.29 is 23.1 Å². The molecule has 0 aliphatic carbocycles. The van der Waals surface area contributed by atoms with E-state index in [2.05, 4.69) is 0 Å². The Balaban J connectivity index is 3.21. The van der Waals surface area contributed by atoms with Crippen LogP contribution < -0.4 is 5.73 Å². The van der Waals surface area contributed by atoms with Crippen molar-refractivity contribution in [3.63, 3.8) is 0 Å². The fraction of sp³-hybridized carbons (Fsp3) is 0.462. The average Bonchev–Trinajstić information content (AvgIpc) is 2.34. The third kappa shape index (κ3) is 3.47. The molecule has 0 saturated carbocycles. The molecule has 1 atom stereocenters. The number of carboxylic acid groups (broad SMARTS) is 1. The van der Waals surface area contributed by atoms with Gasteiger partial charge in [-0.05, 0) is 24.1 Å². The van der Waals surface area contributed by atoms with Crippen LogP contribution in [0.25, 0.3) is 0 Å². The highest BCUT2D eigenvalue weighted by atomic mass is 19.4. The van der Waals surface area contributed by atoms with Gasteiger partial charge in [0.15, 0.2) is 0 Å². The highest BCUT2D eigenvalue weighted by molar-refractivity contribution is 5.80. The molecule has 1 unspecified atom stereocenters. The third-order valence-electron chi connectivity index (χ3n) is 3.01. The Bertz CT molecular complexity index is 459. The van der Waals surface area contributed by atoms with Gasteiger partial charge in [0.2, 0.25) is 0 Å². The maximum Gasteiger partial charge on any atom is 0.416 e. The lowest BCUT2D eigenvalue weighted by Gasteiger charge is -2.25. The Labute approximate surface area is 109 Å². The SMILES string of the molecule is CCCCC(N)(C(=O)O)c1cccc(C(F)(F)F)c1. The summed E-state index contributed by atoms with van der Waals surface area (Å²) in [6, 6.07) is 4.20. The summed E-state index contributed by atoms with van der Waals surface area (Å²) < 4.78 is 37.9. The molecule has 0 aliphatic heterocycles. The molecule has 0 aliphatic rings. The van der Waals surface area contributed by atoms with Gasteiger partial charge >= 0.3 is 12.1 Å². The zero-order chi connectivity index (χ0) is 14.7. The van der Waals surface area contributed by atoms with Crippen molar-refractivity contribution in [1.29, 1.82) is 0 Å². The largest absolute Gasteiger partial charge is 0.480 e. The number of hydrogen-bond donors (Lipinski definition) is 2. The van der Waals surface area contributed by atoms with Crippen LogP contribution in [0.5, 0.6) is 0 Å². The van der Waals surface area contributed by atoms with Crippen LogP contribution >= 0.6 is 0 Å². The predicted molar refractivity (Wildman–Crippen MR) is 64.5 cm³/mol. The number of halogens is 3. The van der Waals surface area contributed by atoms with E-state index < -0.39 is 23.2 Å². The molecular weight excluding hydrogens is 259 g/mol. The lowest BCUT2D eigenvalue weighted by Crippen LogP contribution is -2.45. The molecule has 19 heavy (non-hydrogen) atoms. The summed E-state index contributed by atoms with van der Waals surface area (Å²) in [7, 11) is 0. The highest BCUT2D eigenvalue weighted by Gasteiger charge is 2.38. The molecule has 0 heterocycles. The number of rotatable bonds is 5. The normalized spacial score (nSPS) is 15.0. The molecule has 0 spiro atoms. The van der Waals surface area contributed by atoms with Gasteiger partial charge in [-0.15, -0.1) is 0 Å². The summed E-state index contributed by atoms with van der Waals surface area (Å²) in [6.07, 6.45) is -3.18. The van der Waals surface area contributed by atoms with Gasteiger partial charge in [-0.3, -0.25) is 0 Å². The van der Waals surface area contributed by atoms with Gasteiger partial charge in [0.1, 0.15) is 5.54 Å². The van der Waals surface area contributed by atoms with E-state index in [9.17, 15) is 23.1 Å². The number of carbonyl (C=O) groups is 1. The minimum atomic E-state index is -4.51. The number of benzene rings is 1. The molecule has 0 fully saturated rings. The summed E-state index contributed by atoms with van der Waals surface area (Å²) in [5, 5.41) is 9.20. The van der Waals surface area contributed by atoms with Crippen LogP contribution in [0.4, 0.5) is 13.2 Å². The molecule has 1 aromatic carbocycles. The molecule has 1 rings (SSSR count). The second kappa shape index (κ2) is 5.61. The average molecular weight is 275 g/mol. The van der Waals surface area contributed by atoms with Crippen LogP contribution in [0.2, 0.25) is 0 Å². The summed E-state index contributed by atoms with van der Waals surface area (Å²) >= 11 is 0. The van der Waals surface area contributed by atoms with E-state index in [4.69, 9.17) is 5.73 Å². The third-order valence-corrected chi connectivity index (χ3v) is 3.01. The van der Waals surface area contributed by atoms with Gasteiger partial charge in [0, 0.05) is 0 Å². The zero-order valence-corrected chi connectivity index (χ0v) is 10.5. The Morgan fingerprint density at radius 1 is 1.32 bits per heavy atom. The lowest BCUT2D eigenvalue weighted by molar-refractivity contribution is -0.144. The number of hydrogen-bond acceptors (Lipinski definition) is 2. The molecular formula is C13H16F3NO2. The smallest absolute Gasteiger partial charge is 0.416 e. The number of nitrogens with two attached hydrogens (primary N) is 1. The second-order valence-electron chi connectivity index (χ2n) is 4.46. The zero-order valence-electron chi connectivity index (χ0n) is 10.5. The first-order valence-electron chi connectivity index (χ1n) is 5.92. The van der Waals surface area contributed by atoms with Gasteiger partial charge in [0.05, 0.1) is 5.56 Å².